The molecule has 2 fully saturated rings. The summed E-state index contributed by atoms with van der Waals surface area (Å²) in [5.74, 6) is 1.33. The lowest BCUT2D eigenvalue weighted by Crippen LogP contribution is -2.28. The Morgan fingerprint density at radius 3 is 2.44 bits per heavy atom. The van der Waals surface area contributed by atoms with Crippen LogP contribution < -0.4 is 19.9 Å². The van der Waals surface area contributed by atoms with Gasteiger partial charge in [-0.1, -0.05) is 24.3 Å². The summed E-state index contributed by atoms with van der Waals surface area (Å²) in [6, 6.07) is 23.7. The Hall–Kier alpha value is -4.00. The molecular weight excluding hydrogens is 454 g/mol. The van der Waals surface area contributed by atoms with E-state index in [1.165, 1.54) is 12.8 Å². The van der Waals surface area contributed by atoms with Gasteiger partial charge in [0.25, 0.3) is 0 Å². The van der Waals surface area contributed by atoms with Gasteiger partial charge in [0.2, 0.25) is 5.91 Å². The standard InChI is InChI=1S/C29H31N3O4/c1-20-8-15-25(35-2)16-27(20)32-19-26(17-28(32)33)36-29(34)30-22-11-13-24(14-12-22)31(18-21-9-10-21)23-6-4-3-5-7-23/h3-8,11-16,21,26H,9-10,17-19H2,1-2H3,(H,30,34). The maximum atomic E-state index is 12.6. The van der Waals surface area contributed by atoms with Crippen molar-refractivity contribution in [1.82, 2.24) is 0 Å². The van der Waals surface area contributed by atoms with Crippen LogP contribution in [0.2, 0.25) is 0 Å². The topological polar surface area (TPSA) is 71.1 Å². The zero-order valence-electron chi connectivity index (χ0n) is 20.6. The number of ether oxygens (including phenoxy) is 2. The molecule has 0 aromatic heterocycles. The molecule has 7 nitrogen and oxygen atoms in total. The monoisotopic (exact) mass is 485 g/mol. The number of methoxy groups -OCH3 is 1. The van der Waals surface area contributed by atoms with Gasteiger partial charge in [-0.3, -0.25) is 10.1 Å². The molecule has 3 aromatic carbocycles. The Kier molecular flexibility index (Phi) is 6.80. The van der Waals surface area contributed by atoms with Crippen LogP contribution in [0.25, 0.3) is 0 Å². The van der Waals surface area contributed by atoms with Crippen LogP contribution in [0.15, 0.2) is 72.8 Å². The molecule has 1 aliphatic carbocycles. The number of hydrogen-bond donors (Lipinski definition) is 1. The van der Waals surface area contributed by atoms with E-state index in [2.05, 4.69) is 22.3 Å². The third-order valence-electron chi connectivity index (χ3n) is 6.70. The highest BCUT2D eigenvalue weighted by Crippen LogP contribution is 2.35. The third kappa shape index (κ3) is 5.46. The van der Waals surface area contributed by atoms with E-state index in [1.807, 2.05) is 67.6 Å². The number of nitrogens with one attached hydrogen (secondary N) is 1. The maximum Gasteiger partial charge on any atom is 0.411 e. The van der Waals surface area contributed by atoms with Crippen molar-refractivity contribution >= 4 is 34.7 Å². The fourth-order valence-electron chi connectivity index (χ4n) is 4.54. The van der Waals surface area contributed by atoms with E-state index in [0.717, 1.165) is 35.1 Å². The van der Waals surface area contributed by atoms with Gasteiger partial charge in [-0.25, -0.2) is 4.79 Å². The number of para-hydroxylation sites is 1. The molecule has 2 aliphatic rings. The van der Waals surface area contributed by atoms with Crippen LogP contribution in [0.1, 0.15) is 24.8 Å². The molecule has 1 saturated heterocycles. The lowest BCUT2D eigenvalue weighted by atomic mass is 10.1. The molecular formula is C29H31N3O4. The van der Waals surface area contributed by atoms with E-state index in [0.29, 0.717) is 18.0 Å². The first kappa shape index (κ1) is 23.7. The molecule has 186 valence electrons. The molecule has 1 aliphatic heterocycles. The van der Waals surface area contributed by atoms with Crippen LogP contribution in [0.4, 0.5) is 27.5 Å². The van der Waals surface area contributed by atoms with Gasteiger partial charge in [0.15, 0.2) is 0 Å². The van der Waals surface area contributed by atoms with E-state index in [-0.39, 0.29) is 12.3 Å². The second kappa shape index (κ2) is 10.3. The summed E-state index contributed by atoms with van der Waals surface area (Å²) in [5.41, 5.74) is 4.62. The van der Waals surface area contributed by atoms with Gasteiger partial charge >= 0.3 is 6.09 Å². The normalized spacial score (nSPS) is 17.1. The predicted octanol–water partition coefficient (Wildman–Crippen LogP) is 5.91. The highest BCUT2D eigenvalue weighted by atomic mass is 16.6. The second-order valence-corrected chi connectivity index (χ2v) is 9.45. The van der Waals surface area contributed by atoms with Crippen LogP contribution >= 0.6 is 0 Å². The van der Waals surface area contributed by atoms with Crippen molar-refractivity contribution in [3.05, 3.63) is 78.4 Å². The van der Waals surface area contributed by atoms with Crippen molar-refractivity contribution < 1.29 is 19.1 Å². The van der Waals surface area contributed by atoms with Crippen LogP contribution in [0, 0.1) is 12.8 Å². The molecule has 1 saturated carbocycles. The maximum absolute atomic E-state index is 12.6. The smallest absolute Gasteiger partial charge is 0.411 e. The largest absolute Gasteiger partial charge is 0.497 e. The van der Waals surface area contributed by atoms with Crippen molar-refractivity contribution in [3.63, 3.8) is 0 Å². The SMILES string of the molecule is COc1ccc(C)c(N2CC(OC(=O)Nc3ccc(N(CC4CC4)c4ccccc4)cc3)CC2=O)c1. The average molecular weight is 486 g/mol. The highest BCUT2D eigenvalue weighted by molar-refractivity contribution is 5.97. The molecule has 1 heterocycles. The summed E-state index contributed by atoms with van der Waals surface area (Å²) in [4.78, 5) is 29.2. The first-order valence-corrected chi connectivity index (χ1v) is 12.4. The van der Waals surface area contributed by atoms with Gasteiger partial charge in [-0.15, -0.1) is 0 Å². The predicted molar refractivity (Wildman–Crippen MR) is 141 cm³/mol. The molecule has 5 rings (SSSR count). The van der Waals surface area contributed by atoms with E-state index >= 15 is 0 Å². The number of anilines is 4. The Bertz CT molecular complexity index is 1230. The zero-order valence-corrected chi connectivity index (χ0v) is 20.6. The number of benzene rings is 3. The number of carbonyl (C=O) groups is 2. The van der Waals surface area contributed by atoms with E-state index in [4.69, 9.17) is 9.47 Å². The molecule has 1 N–H and O–H groups in total. The lowest BCUT2D eigenvalue weighted by molar-refractivity contribution is -0.117. The zero-order chi connectivity index (χ0) is 25.1. The number of aryl methyl sites for hydroxylation is 1. The Balaban J connectivity index is 1.20. The lowest BCUT2D eigenvalue weighted by Gasteiger charge is -2.25. The minimum absolute atomic E-state index is 0.0785. The first-order valence-electron chi connectivity index (χ1n) is 12.4. The summed E-state index contributed by atoms with van der Waals surface area (Å²) in [7, 11) is 1.59. The quantitative estimate of drug-likeness (QED) is 0.430. The van der Waals surface area contributed by atoms with Crippen LogP contribution in [-0.4, -0.2) is 38.3 Å². The summed E-state index contributed by atoms with van der Waals surface area (Å²) in [6.07, 6.45) is 1.61. The van der Waals surface area contributed by atoms with Crippen molar-refractivity contribution in [3.8, 4) is 5.75 Å². The van der Waals surface area contributed by atoms with Crippen LogP contribution in [0.5, 0.6) is 5.75 Å². The first-order chi connectivity index (χ1) is 17.5. The fourth-order valence-corrected chi connectivity index (χ4v) is 4.54. The Morgan fingerprint density at radius 2 is 1.75 bits per heavy atom. The van der Waals surface area contributed by atoms with Gasteiger partial charge in [-0.2, -0.15) is 0 Å². The molecule has 1 atom stereocenters. The Labute approximate surface area is 211 Å². The van der Waals surface area contributed by atoms with Crippen LogP contribution in [-0.2, 0) is 9.53 Å². The van der Waals surface area contributed by atoms with Gasteiger partial charge in [0.1, 0.15) is 11.9 Å². The number of carbonyl (C=O) groups excluding carboxylic acids is 2. The van der Waals surface area contributed by atoms with Gasteiger partial charge in [0, 0.05) is 29.7 Å². The molecule has 7 heteroatoms. The summed E-state index contributed by atoms with van der Waals surface area (Å²) in [6.45, 7) is 3.24. The molecule has 0 bridgehead atoms. The van der Waals surface area contributed by atoms with Gasteiger partial charge < -0.3 is 19.3 Å². The number of hydrogen-bond acceptors (Lipinski definition) is 5. The second-order valence-electron chi connectivity index (χ2n) is 9.45. The van der Waals surface area contributed by atoms with E-state index < -0.39 is 12.2 Å². The third-order valence-corrected chi connectivity index (χ3v) is 6.70. The number of amides is 2. The average Bonchev–Trinajstić information content (AvgIpc) is 3.64. The summed E-state index contributed by atoms with van der Waals surface area (Å²) >= 11 is 0. The molecule has 3 aromatic rings. The molecule has 36 heavy (non-hydrogen) atoms. The molecule has 0 radical (unpaired) electrons. The van der Waals surface area contributed by atoms with Gasteiger partial charge in [0.05, 0.1) is 25.8 Å². The molecule has 2 amide bonds. The fraction of sp³-hybridized carbons (Fsp3) is 0.310. The minimum Gasteiger partial charge on any atom is -0.497 e. The molecule has 0 spiro atoms. The van der Waals surface area contributed by atoms with Crippen molar-refractivity contribution in [2.75, 3.05) is 35.3 Å². The number of rotatable bonds is 8. The van der Waals surface area contributed by atoms with Crippen molar-refractivity contribution in [2.24, 2.45) is 5.92 Å². The minimum atomic E-state index is -0.567. The van der Waals surface area contributed by atoms with Gasteiger partial charge in [-0.05, 0) is 73.7 Å². The highest BCUT2D eigenvalue weighted by Gasteiger charge is 2.34. The summed E-state index contributed by atoms with van der Waals surface area (Å²) in [5, 5.41) is 2.80. The van der Waals surface area contributed by atoms with Crippen molar-refractivity contribution in [1.29, 1.82) is 0 Å². The van der Waals surface area contributed by atoms with E-state index in [1.54, 1.807) is 12.0 Å². The van der Waals surface area contributed by atoms with E-state index in [9.17, 15) is 9.59 Å². The summed E-state index contributed by atoms with van der Waals surface area (Å²) < 4.78 is 10.9. The number of nitrogens with zero attached hydrogens (tertiary/aromatic N) is 2. The Morgan fingerprint density at radius 1 is 1.03 bits per heavy atom. The molecule has 1 unspecified atom stereocenters. The van der Waals surface area contributed by atoms with Crippen LogP contribution in [0.3, 0.4) is 0 Å². The van der Waals surface area contributed by atoms with Crippen molar-refractivity contribution in [2.45, 2.75) is 32.3 Å².